The molecular formula is C20H24ClN3O3S. The number of sulfonamides is 1. The van der Waals surface area contributed by atoms with Gasteiger partial charge in [-0.2, -0.15) is 4.31 Å². The van der Waals surface area contributed by atoms with Gasteiger partial charge in [0.2, 0.25) is 15.9 Å². The van der Waals surface area contributed by atoms with E-state index in [1.54, 1.807) is 18.2 Å². The quantitative estimate of drug-likeness (QED) is 0.778. The molecule has 2 aromatic rings. The van der Waals surface area contributed by atoms with Gasteiger partial charge in [-0.3, -0.25) is 9.69 Å². The number of benzene rings is 2. The Kier molecular flexibility index (Phi) is 6.72. The molecule has 1 fully saturated rings. The minimum Gasteiger partial charge on any atom is -0.348 e. The van der Waals surface area contributed by atoms with Crippen LogP contribution in [0, 0.1) is 0 Å². The molecule has 6 nitrogen and oxygen atoms in total. The Morgan fingerprint density at radius 2 is 1.75 bits per heavy atom. The van der Waals surface area contributed by atoms with Crippen LogP contribution in [0.5, 0.6) is 0 Å². The van der Waals surface area contributed by atoms with Gasteiger partial charge >= 0.3 is 0 Å². The van der Waals surface area contributed by atoms with Crippen LogP contribution >= 0.6 is 11.6 Å². The summed E-state index contributed by atoms with van der Waals surface area (Å²) in [4.78, 5) is 14.5. The van der Waals surface area contributed by atoms with Crippen LogP contribution in [0.4, 0.5) is 0 Å². The third-order valence-electron chi connectivity index (χ3n) is 4.81. The van der Waals surface area contributed by atoms with Crippen molar-refractivity contribution in [1.29, 1.82) is 0 Å². The Bertz CT molecular complexity index is 913. The fourth-order valence-corrected chi connectivity index (χ4v) is 4.94. The molecule has 0 spiro atoms. The number of carbonyl (C=O) groups excluding carboxylic acids is 1. The molecule has 1 saturated heterocycles. The Balaban J connectivity index is 1.52. The van der Waals surface area contributed by atoms with E-state index in [1.807, 2.05) is 42.2 Å². The van der Waals surface area contributed by atoms with Crippen molar-refractivity contribution in [2.45, 2.75) is 17.9 Å². The number of rotatable bonds is 6. The van der Waals surface area contributed by atoms with Crippen molar-refractivity contribution in [3.63, 3.8) is 0 Å². The van der Waals surface area contributed by atoms with Crippen molar-refractivity contribution in [2.24, 2.45) is 0 Å². The number of piperazine rings is 1. The SMILES string of the molecule is C[C@@H](NC(=O)CN1CCN(S(=O)(=O)c2cccc(Cl)c2)CC1)c1ccccc1. The minimum absolute atomic E-state index is 0.0671. The molecule has 0 unspecified atom stereocenters. The summed E-state index contributed by atoms with van der Waals surface area (Å²) < 4.78 is 26.9. The number of nitrogens with one attached hydrogen (secondary N) is 1. The highest BCUT2D eigenvalue weighted by Gasteiger charge is 2.29. The van der Waals surface area contributed by atoms with Gasteiger partial charge in [0.05, 0.1) is 17.5 Å². The first kappa shape index (κ1) is 20.8. The van der Waals surface area contributed by atoms with E-state index >= 15 is 0 Å². The summed E-state index contributed by atoms with van der Waals surface area (Å²) in [6, 6.07) is 16.0. The van der Waals surface area contributed by atoms with Gasteiger partial charge in [-0.25, -0.2) is 8.42 Å². The van der Waals surface area contributed by atoms with Crippen LogP contribution in [-0.2, 0) is 14.8 Å². The van der Waals surface area contributed by atoms with Crippen LogP contribution < -0.4 is 5.32 Å². The third-order valence-corrected chi connectivity index (χ3v) is 6.94. The van der Waals surface area contributed by atoms with E-state index in [1.165, 1.54) is 10.4 Å². The second-order valence-corrected chi connectivity index (χ2v) is 9.21. The molecule has 1 aliphatic heterocycles. The molecule has 0 bridgehead atoms. The van der Waals surface area contributed by atoms with Crippen LogP contribution in [0.1, 0.15) is 18.5 Å². The van der Waals surface area contributed by atoms with Crippen LogP contribution in [0.15, 0.2) is 59.5 Å². The zero-order valence-corrected chi connectivity index (χ0v) is 17.3. The van der Waals surface area contributed by atoms with E-state index in [-0.39, 0.29) is 23.4 Å². The summed E-state index contributed by atoms with van der Waals surface area (Å²) >= 11 is 5.92. The zero-order valence-electron chi connectivity index (χ0n) is 15.7. The topological polar surface area (TPSA) is 69.7 Å². The van der Waals surface area contributed by atoms with Crippen molar-refractivity contribution in [1.82, 2.24) is 14.5 Å². The Morgan fingerprint density at radius 3 is 2.39 bits per heavy atom. The number of amides is 1. The second kappa shape index (κ2) is 9.05. The van der Waals surface area contributed by atoms with E-state index in [0.717, 1.165) is 5.56 Å². The average Bonchev–Trinajstić information content (AvgIpc) is 2.69. The number of nitrogens with zero attached hydrogens (tertiary/aromatic N) is 2. The molecule has 1 aliphatic rings. The molecule has 1 N–H and O–H groups in total. The highest BCUT2D eigenvalue weighted by atomic mass is 35.5. The highest BCUT2D eigenvalue weighted by Crippen LogP contribution is 2.21. The Morgan fingerprint density at radius 1 is 1.07 bits per heavy atom. The maximum Gasteiger partial charge on any atom is 0.243 e. The minimum atomic E-state index is -3.57. The smallest absolute Gasteiger partial charge is 0.243 e. The fraction of sp³-hybridized carbons (Fsp3) is 0.350. The first-order chi connectivity index (χ1) is 13.4. The van der Waals surface area contributed by atoms with E-state index in [4.69, 9.17) is 11.6 Å². The molecule has 1 amide bonds. The summed E-state index contributed by atoms with van der Waals surface area (Å²) in [5, 5.41) is 3.38. The monoisotopic (exact) mass is 421 g/mol. The molecular weight excluding hydrogens is 398 g/mol. The fourth-order valence-electron chi connectivity index (χ4n) is 3.22. The molecule has 3 rings (SSSR count). The highest BCUT2D eigenvalue weighted by molar-refractivity contribution is 7.89. The van der Waals surface area contributed by atoms with E-state index in [0.29, 0.717) is 31.2 Å². The van der Waals surface area contributed by atoms with Gasteiger partial charge in [-0.15, -0.1) is 0 Å². The number of hydrogen-bond acceptors (Lipinski definition) is 4. The molecule has 8 heteroatoms. The third kappa shape index (κ3) is 5.11. The number of hydrogen-bond donors (Lipinski definition) is 1. The van der Waals surface area contributed by atoms with Crippen LogP contribution in [0.2, 0.25) is 5.02 Å². The molecule has 28 heavy (non-hydrogen) atoms. The lowest BCUT2D eigenvalue weighted by Gasteiger charge is -2.33. The van der Waals surface area contributed by atoms with Crippen molar-refractivity contribution in [2.75, 3.05) is 32.7 Å². The van der Waals surface area contributed by atoms with Gasteiger partial charge in [-0.1, -0.05) is 48.0 Å². The van der Waals surface area contributed by atoms with Gasteiger partial charge in [0.1, 0.15) is 0 Å². The maximum absolute atomic E-state index is 12.7. The molecule has 1 atom stereocenters. The van der Waals surface area contributed by atoms with Crippen molar-refractivity contribution < 1.29 is 13.2 Å². The predicted octanol–water partition coefficient (Wildman–Crippen LogP) is 2.52. The summed E-state index contributed by atoms with van der Waals surface area (Å²) in [6.07, 6.45) is 0. The first-order valence-corrected chi connectivity index (χ1v) is 11.0. The van der Waals surface area contributed by atoms with Gasteiger partial charge in [0, 0.05) is 31.2 Å². The van der Waals surface area contributed by atoms with E-state index < -0.39 is 10.0 Å². The number of halogens is 1. The van der Waals surface area contributed by atoms with Crippen LogP contribution in [-0.4, -0.2) is 56.3 Å². The maximum atomic E-state index is 12.7. The van der Waals surface area contributed by atoms with E-state index in [9.17, 15) is 13.2 Å². The lowest BCUT2D eigenvalue weighted by atomic mass is 10.1. The lowest BCUT2D eigenvalue weighted by Crippen LogP contribution is -2.51. The Hall–Kier alpha value is -1.93. The number of carbonyl (C=O) groups is 1. The summed E-state index contributed by atoms with van der Waals surface area (Å²) in [5.74, 6) is -0.0671. The Labute approximate surface area is 171 Å². The molecule has 0 radical (unpaired) electrons. The summed E-state index contributed by atoms with van der Waals surface area (Å²) in [5.41, 5.74) is 1.05. The van der Waals surface area contributed by atoms with Gasteiger partial charge in [0.15, 0.2) is 0 Å². The molecule has 150 valence electrons. The van der Waals surface area contributed by atoms with Crippen LogP contribution in [0.25, 0.3) is 0 Å². The summed E-state index contributed by atoms with van der Waals surface area (Å²) in [6.45, 7) is 3.90. The standard InChI is InChI=1S/C20H24ClN3O3S/c1-16(17-6-3-2-4-7-17)22-20(25)15-23-10-12-24(13-11-23)28(26,27)19-9-5-8-18(21)14-19/h2-9,14,16H,10-13,15H2,1H3,(H,22,25)/t16-/m1/s1. The van der Waals surface area contributed by atoms with Gasteiger partial charge in [0.25, 0.3) is 0 Å². The normalized spacial score (nSPS) is 17.2. The molecule has 2 aromatic carbocycles. The predicted molar refractivity (Wildman–Crippen MR) is 110 cm³/mol. The first-order valence-electron chi connectivity index (χ1n) is 9.18. The van der Waals surface area contributed by atoms with Crippen molar-refractivity contribution in [3.8, 4) is 0 Å². The molecule has 0 aromatic heterocycles. The van der Waals surface area contributed by atoms with Gasteiger partial charge < -0.3 is 5.32 Å². The van der Waals surface area contributed by atoms with Gasteiger partial charge in [-0.05, 0) is 30.7 Å². The molecule has 0 aliphatic carbocycles. The summed E-state index contributed by atoms with van der Waals surface area (Å²) in [7, 11) is -3.57. The molecule has 1 heterocycles. The largest absolute Gasteiger partial charge is 0.348 e. The van der Waals surface area contributed by atoms with Crippen LogP contribution in [0.3, 0.4) is 0 Å². The average molecular weight is 422 g/mol. The second-order valence-electron chi connectivity index (χ2n) is 6.84. The zero-order chi connectivity index (χ0) is 20.1. The molecule has 0 saturated carbocycles. The van der Waals surface area contributed by atoms with Crippen molar-refractivity contribution >= 4 is 27.5 Å². The lowest BCUT2D eigenvalue weighted by molar-refractivity contribution is -0.123. The van der Waals surface area contributed by atoms with Crippen molar-refractivity contribution in [3.05, 3.63) is 65.2 Å². The van der Waals surface area contributed by atoms with E-state index in [2.05, 4.69) is 5.32 Å².